The average molecular weight is 438 g/mol. The molecule has 0 fully saturated rings. The van der Waals surface area contributed by atoms with Gasteiger partial charge in [-0.2, -0.15) is 0 Å². The van der Waals surface area contributed by atoms with Crippen LogP contribution in [0.2, 0.25) is 0 Å². The third-order valence-corrected chi connectivity index (χ3v) is 5.72. The first-order chi connectivity index (χ1) is 9.85. The Hall–Kier alpha value is -0.960. The van der Waals surface area contributed by atoms with Gasteiger partial charge in [0.2, 0.25) is 0 Å². The van der Waals surface area contributed by atoms with Crippen molar-refractivity contribution < 1.29 is 12.8 Å². The largest absolute Gasteiger partial charge is 0.326 e. The molecule has 0 spiro atoms. The van der Waals surface area contributed by atoms with Crippen molar-refractivity contribution in [2.75, 3.05) is 4.72 Å². The molecule has 4 nitrogen and oxygen atoms in total. The Labute approximate surface area is 138 Å². The second-order valence-electron chi connectivity index (χ2n) is 4.17. The fourth-order valence-electron chi connectivity index (χ4n) is 1.67. The molecular formula is C13H11Br2FN2O2S. The van der Waals surface area contributed by atoms with E-state index in [-0.39, 0.29) is 17.1 Å². The van der Waals surface area contributed by atoms with E-state index in [1.807, 2.05) is 0 Å². The highest BCUT2D eigenvalue weighted by Gasteiger charge is 2.21. The maximum absolute atomic E-state index is 13.8. The summed E-state index contributed by atoms with van der Waals surface area (Å²) in [5.74, 6) is -0.668. The minimum atomic E-state index is -3.94. The molecule has 8 heteroatoms. The molecule has 2 aromatic rings. The first-order valence-electron chi connectivity index (χ1n) is 5.80. The molecule has 0 heterocycles. The van der Waals surface area contributed by atoms with Crippen LogP contribution in [0.3, 0.4) is 0 Å². The van der Waals surface area contributed by atoms with Gasteiger partial charge >= 0.3 is 0 Å². The molecule has 0 amide bonds. The number of hydrogen-bond donors (Lipinski definition) is 2. The van der Waals surface area contributed by atoms with Gasteiger partial charge in [-0.1, -0.05) is 12.1 Å². The summed E-state index contributed by atoms with van der Waals surface area (Å²) in [7, 11) is -3.94. The lowest BCUT2D eigenvalue weighted by Gasteiger charge is -2.12. The second kappa shape index (κ2) is 6.43. The molecule has 0 unspecified atom stereocenters. The van der Waals surface area contributed by atoms with Crippen LogP contribution in [0.5, 0.6) is 0 Å². The molecule has 0 bridgehead atoms. The summed E-state index contributed by atoms with van der Waals surface area (Å²) in [5, 5.41) is 0. The fraction of sp³-hybridized carbons (Fsp3) is 0.0769. The highest BCUT2D eigenvalue weighted by Crippen LogP contribution is 2.30. The van der Waals surface area contributed by atoms with E-state index in [0.29, 0.717) is 14.5 Å². The molecule has 0 radical (unpaired) electrons. The highest BCUT2D eigenvalue weighted by atomic mass is 79.9. The molecule has 3 N–H and O–H groups in total. The van der Waals surface area contributed by atoms with Crippen LogP contribution < -0.4 is 10.5 Å². The third-order valence-electron chi connectivity index (χ3n) is 2.72. The van der Waals surface area contributed by atoms with E-state index in [1.54, 1.807) is 18.2 Å². The van der Waals surface area contributed by atoms with Crippen LogP contribution in [0.1, 0.15) is 5.56 Å². The first-order valence-corrected chi connectivity index (χ1v) is 8.87. The Kier molecular flexibility index (Phi) is 5.03. The third kappa shape index (κ3) is 3.63. The average Bonchev–Trinajstić information content (AvgIpc) is 2.43. The molecule has 0 atom stereocenters. The second-order valence-corrected chi connectivity index (χ2v) is 7.53. The van der Waals surface area contributed by atoms with E-state index in [2.05, 4.69) is 36.6 Å². The van der Waals surface area contributed by atoms with Crippen molar-refractivity contribution in [2.24, 2.45) is 5.73 Å². The van der Waals surface area contributed by atoms with E-state index < -0.39 is 15.8 Å². The number of sulfonamides is 1. The standard InChI is InChI=1S/C13H11Br2FN2O2S/c14-9-5-4-8(7-17)6-12(9)21(19,20)18-13-10(15)2-1-3-11(13)16/h1-6,18H,7,17H2. The number of nitrogens with two attached hydrogens (primary N) is 1. The summed E-state index contributed by atoms with van der Waals surface area (Å²) in [6.07, 6.45) is 0. The van der Waals surface area contributed by atoms with E-state index in [9.17, 15) is 12.8 Å². The van der Waals surface area contributed by atoms with Crippen molar-refractivity contribution in [2.45, 2.75) is 11.4 Å². The molecule has 0 saturated carbocycles. The first kappa shape index (κ1) is 16.4. The van der Waals surface area contributed by atoms with Crippen LogP contribution in [0.4, 0.5) is 10.1 Å². The smallest absolute Gasteiger partial charge is 0.263 e. The number of para-hydroxylation sites is 1. The maximum atomic E-state index is 13.8. The molecule has 0 saturated heterocycles. The predicted octanol–water partition coefficient (Wildman–Crippen LogP) is 3.61. The summed E-state index contributed by atoms with van der Waals surface area (Å²) >= 11 is 6.30. The van der Waals surface area contributed by atoms with E-state index in [4.69, 9.17) is 5.73 Å². The summed E-state index contributed by atoms with van der Waals surface area (Å²) in [6, 6.07) is 8.94. The van der Waals surface area contributed by atoms with Crippen LogP contribution in [0.15, 0.2) is 50.2 Å². The summed E-state index contributed by atoms with van der Waals surface area (Å²) in [5.41, 5.74) is 6.04. The van der Waals surface area contributed by atoms with E-state index in [0.717, 1.165) is 0 Å². The van der Waals surface area contributed by atoms with Crippen molar-refractivity contribution in [1.29, 1.82) is 0 Å². The summed E-state index contributed by atoms with van der Waals surface area (Å²) < 4.78 is 41.5. The normalized spacial score (nSPS) is 11.4. The summed E-state index contributed by atoms with van der Waals surface area (Å²) in [4.78, 5) is 0.000558. The monoisotopic (exact) mass is 436 g/mol. The number of benzene rings is 2. The van der Waals surface area contributed by atoms with Crippen molar-refractivity contribution in [1.82, 2.24) is 0 Å². The zero-order valence-corrected chi connectivity index (χ0v) is 14.6. The predicted molar refractivity (Wildman–Crippen MR) is 86.9 cm³/mol. The van der Waals surface area contributed by atoms with Gasteiger partial charge in [-0.15, -0.1) is 0 Å². The molecule has 0 aliphatic heterocycles. The lowest BCUT2D eigenvalue weighted by Crippen LogP contribution is -2.15. The van der Waals surface area contributed by atoms with Crippen LogP contribution in [-0.2, 0) is 16.6 Å². The topological polar surface area (TPSA) is 72.2 Å². The number of hydrogen-bond acceptors (Lipinski definition) is 3. The van der Waals surface area contributed by atoms with E-state index in [1.165, 1.54) is 18.2 Å². The van der Waals surface area contributed by atoms with Gasteiger partial charge in [-0.05, 0) is 61.7 Å². The van der Waals surface area contributed by atoms with Gasteiger partial charge in [0, 0.05) is 15.5 Å². The molecule has 0 aromatic heterocycles. The molecule has 112 valence electrons. The van der Waals surface area contributed by atoms with Gasteiger partial charge in [0.25, 0.3) is 10.0 Å². The van der Waals surface area contributed by atoms with E-state index >= 15 is 0 Å². The molecule has 0 aliphatic carbocycles. The number of nitrogens with one attached hydrogen (secondary N) is 1. The Morgan fingerprint density at radius 3 is 2.48 bits per heavy atom. The van der Waals surface area contributed by atoms with Crippen molar-refractivity contribution in [3.8, 4) is 0 Å². The Morgan fingerprint density at radius 1 is 1.14 bits per heavy atom. The Morgan fingerprint density at radius 2 is 1.86 bits per heavy atom. The van der Waals surface area contributed by atoms with Crippen LogP contribution >= 0.6 is 31.9 Å². The maximum Gasteiger partial charge on any atom is 0.263 e. The van der Waals surface area contributed by atoms with Crippen LogP contribution in [0.25, 0.3) is 0 Å². The molecule has 2 aromatic carbocycles. The Balaban J connectivity index is 2.48. The zero-order valence-electron chi connectivity index (χ0n) is 10.6. The van der Waals surface area contributed by atoms with Crippen molar-refractivity contribution in [3.05, 3.63) is 56.7 Å². The molecule has 21 heavy (non-hydrogen) atoms. The molecule has 0 aliphatic rings. The summed E-state index contributed by atoms with van der Waals surface area (Å²) in [6.45, 7) is 0.208. The van der Waals surface area contributed by atoms with Crippen LogP contribution in [-0.4, -0.2) is 8.42 Å². The number of halogens is 3. The lowest BCUT2D eigenvalue weighted by atomic mass is 10.2. The Bertz CT molecular complexity index is 761. The van der Waals surface area contributed by atoms with Gasteiger partial charge in [0.05, 0.1) is 5.69 Å². The number of rotatable bonds is 4. The highest BCUT2D eigenvalue weighted by molar-refractivity contribution is 9.11. The molecular weight excluding hydrogens is 427 g/mol. The minimum absolute atomic E-state index is 0.000558. The van der Waals surface area contributed by atoms with Gasteiger partial charge in [0.15, 0.2) is 0 Å². The SMILES string of the molecule is NCc1ccc(Br)c(S(=O)(=O)Nc2c(F)cccc2Br)c1. The quantitative estimate of drug-likeness (QED) is 0.767. The zero-order chi connectivity index (χ0) is 15.6. The lowest BCUT2D eigenvalue weighted by molar-refractivity contribution is 0.598. The minimum Gasteiger partial charge on any atom is -0.326 e. The molecule has 2 rings (SSSR count). The van der Waals surface area contributed by atoms with Crippen molar-refractivity contribution in [3.63, 3.8) is 0 Å². The van der Waals surface area contributed by atoms with Crippen molar-refractivity contribution >= 4 is 47.6 Å². The van der Waals surface area contributed by atoms with Gasteiger partial charge < -0.3 is 5.73 Å². The van der Waals surface area contributed by atoms with Gasteiger partial charge in [-0.3, -0.25) is 4.72 Å². The fourth-order valence-corrected chi connectivity index (χ4v) is 4.34. The van der Waals surface area contributed by atoms with Crippen LogP contribution in [0, 0.1) is 5.82 Å². The number of anilines is 1. The van der Waals surface area contributed by atoms with Gasteiger partial charge in [0.1, 0.15) is 10.7 Å². The van der Waals surface area contributed by atoms with Gasteiger partial charge in [-0.25, -0.2) is 12.8 Å².